The van der Waals surface area contributed by atoms with Crippen LogP contribution in [0.5, 0.6) is 5.75 Å². The van der Waals surface area contributed by atoms with Crippen molar-refractivity contribution in [1.29, 1.82) is 0 Å². The maximum atomic E-state index is 12.6. The molecule has 0 fully saturated rings. The molecule has 0 aliphatic heterocycles. The Bertz CT molecular complexity index is 1650. The number of nitrogens with zero attached hydrogens (tertiary/aromatic N) is 3. The Labute approximate surface area is 249 Å². The molecule has 8 nitrogen and oxygen atoms in total. The zero-order chi connectivity index (χ0) is 30.1. The van der Waals surface area contributed by atoms with Gasteiger partial charge in [0.2, 0.25) is 10.0 Å². The summed E-state index contributed by atoms with van der Waals surface area (Å²) in [7, 11) is -3.40. The van der Waals surface area contributed by atoms with Gasteiger partial charge in [0.1, 0.15) is 17.1 Å². The van der Waals surface area contributed by atoms with Crippen LogP contribution in [0.2, 0.25) is 0 Å². The number of nitrogen functional groups attached to an aromatic ring is 1. The molecule has 1 aromatic carbocycles. The monoisotopic (exact) mass is 589 g/mol. The lowest BCUT2D eigenvalue weighted by Crippen LogP contribution is -2.28. The third kappa shape index (κ3) is 8.42. The third-order valence-electron chi connectivity index (χ3n) is 6.96. The average Bonchev–Trinajstić information content (AvgIpc) is 3.29. The molecule has 4 rings (SSSR count). The molecule has 0 amide bonds. The van der Waals surface area contributed by atoms with Crippen LogP contribution in [-0.2, 0) is 23.0 Å². The van der Waals surface area contributed by atoms with E-state index >= 15 is 0 Å². The molecule has 9 heteroatoms. The van der Waals surface area contributed by atoms with Crippen molar-refractivity contribution in [1.82, 2.24) is 19.3 Å². The number of aryl methyl sites for hydroxylation is 1. The van der Waals surface area contributed by atoms with Gasteiger partial charge < -0.3 is 15.0 Å². The topological polar surface area (TPSA) is 112 Å². The van der Waals surface area contributed by atoms with Gasteiger partial charge in [-0.25, -0.2) is 23.1 Å². The normalized spacial score (nSPS) is 17.0. The minimum absolute atomic E-state index is 0.0394. The van der Waals surface area contributed by atoms with Crippen LogP contribution < -0.4 is 15.2 Å². The summed E-state index contributed by atoms with van der Waals surface area (Å²) in [6, 6.07) is 5.83. The van der Waals surface area contributed by atoms with Crippen molar-refractivity contribution in [3.63, 3.8) is 0 Å². The van der Waals surface area contributed by atoms with E-state index in [0.717, 1.165) is 58.3 Å². The van der Waals surface area contributed by atoms with Gasteiger partial charge in [-0.3, -0.25) is 0 Å². The number of anilines is 1. The second kappa shape index (κ2) is 14.5. The van der Waals surface area contributed by atoms with Crippen LogP contribution in [0.15, 0.2) is 78.5 Å². The molecule has 3 N–H and O–H groups in total. The molecule has 0 bridgehead atoms. The molecular formula is C33H43N5O3S. The van der Waals surface area contributed by atoms with Gasteiger partial charge in [0.05, 0.1) is 23.4 Å². The molecule has 3 aromatic rings. The van der Waals surface area contributed by atoms with Gasteiger partial charge in [-0.2, -0.15) is 0 Å². The Morgan fingerprint density at radius 1 is 1.14 bits per heavy atom. The van der Waals surface area contributed by atoms with E-state index in [1.165, 1.54) is 0 Å². The number of fused-ring (bicyclic) bond motifs is 3. The first-order valence-electron chi connectivity index (χ1n) is 14.7. The molecule has 0 radical (unpaired) electrons. The summed E-state index contributed by atoms with van der Waals surface area (Å²) < 4.78 is 36.1. The first-order chi connectivity index (χ1) is 20.2. The van der Waals surface area contributed by atoms with Crippen LogP contribution in [-0.4, -0.2) is 41.9 Å². The molecule has 1 aliphatic rings. The molecule has 0 spiro atoms. The summed E-state index contributed by atoms with van der Waals surface area (Å²) in [5.41, 5.74) is 10.8. The number of allylic oxidation sites excluding steroid dienone is 9. The van der Waals surface area contributed by atoms with E-state index in [0.29, 0.717) is 49.9 Å². The van der Waals surface area contributed by atoms with E-state index in [1.54, 1.807) is 0 Å². The molecule has 2 heterocycles. The highest BCUT2D eigenvalue weighted by Gasteiger charge is 2.18. The lowest BCUT2D eigenvalue weighted by atomic mass is 10.1. The summed E-state index contributed by atoms with van der Waals surface area (Å²) in [5.74, 6) is 2.62. The Morgan fingerprint density at radius 3 is 2.74 bits per heavy atom. The van der Waals surface area contributed by atoms with Crippen LogP contribution >= 0.6 is 0 Å². The zero-order valence-electron chi connectivity index (χ0n) is 25.0. The fourth-order valence-electron chi connectivity index (χ4n) is 4.93. The van der Waals surface area contributed by atoms with E-state index in [2.05, 4.69) is 41.6 Å². The highest BCUT2D eigenvalue weighted by molar-refractivity contribution is 7.89. The number of rotatable bonds is 13. The number of hydrogen-bond acceptors (Lipinski definition) is 6. The molecular weight excluding hydrogens is 546 g/mol. The van der Waals surface area contributed by atoms with Gasteiger partial charge in [-0.1, -0.05) is 75.5 Å². The van der Waals surface area contributed by atoms with Crippen molar-refractivity contribution in [3.05, 3.63) is 84.3 Å². The maximum Gasteiger partial charge on any atom is 0.211 e. The highest BCUT2D eigenvalue weighted by Crippen LogP contribution is 2.32. The van der Waals surface area contributed by atoms with Crippen LogP contribution in [0.4, 0.5) is 5.82 Å². The molecule has 1 aliphatic carbocycles. The van der Waals surface area contributed by atoms with Gasteiger partial charge >= 0.3 is 0 Å². The van der Waals surface area contributed by atoms with Gasteiger partial charge in [0, 0.05) is 31.0 Å². The molecule has 0 saturated heterocycles. The fraction of sp³-hybridized carbons (Fsp3) is 0.394. The first-order valence-corrected chi connectivity index (χ1v) is 16.4. The minimum Gasteiger partial charge on any atom is -0.493 e. The number of benzene rings is 1. The minimum atomic E-state index is -3.40. The lowest BCUT2D eigenvalue weighted by Gasteiger charge is -2.13. The molecule has 42 heavy (non-hydrogen) atoms. The number of imidazole rings is 1. The van der Waals surface area contributed by atoms with Crippen molar-refractivity contribution < 1.29 is 13.2 Å². The van der Waals surface area contributed by atoms with E-state index in [9.17, 15) is 8.42 Å². The van der Waals surface area contributed by atoms with Gasteiger partial charge in [0.25, 0.3) is 0 Å². The largest absolute Gasteiger partial charge is 0.493 e. The second-order valence-electron chi connectivity index (χ2n) is 11.1. The van der Waals surface area contributed by atoms with Gasteiger partial charge in [-0.05, 0) is 49.3 Å². The number of pyridine rings is 1. The van der Waals surface area contributed by atoms with E-state index in [1.807, 2.05) is 60.7 Å². The number of nitrogens with one attached hydrogen (secondary N) is 1. The lowest BCUT2D eigenvalue weighted by molar-refractivity contribution is 0.312. The maximum absolute atomic E-state index is 12.6. The van der Waals surface area contributed by atoms with Crippen LogP contribution in [0.25, 0.3) is 21.9 Å². The Hall–Kier alpha value is -3.69. The second-order valence-corrected chi connectivity index (χ2v) is 13.0. The SMILES string of the molecule is C=C1C=C/C=C(/CCS(=O)(=O)NCCCOc2ccc3c(c2)nc(N)c2nc(CCC)n(CC(C)C)c23)C/C=C\C=C/1. The predicted molar refractivity (Wildman–Crippen MR) is 174 cm³/mol. The number of nitrogens with two attached hydrogens (primary N) is 1. The van der Waals surface area contributed by atoms with Crippen molar-refractivity contribution in [3.8, 4) is 5.75 Å². The van der Waals surface area contributed by atoms with Crippen LogP contribution in [0.1, 0.15) is 52.3 Å². The standard InChI is InChI=1S/C33H43N5O3S/c1-5-11-30-37-31-32(38(30)23-24(2)3)28-17-16-27(22-29(28)36-33(31)34)41-20-10-19-35-42(39,40)21-18-26-14-8-6-7-12-25(4)13-9-15-26/h6-9,12-13,15-17,22,24,35H,4-5,10-11,14,18-21,23H2,1-3H3,(H2,34,36)/b8-6-,12-7-,13-9?,26-15+. The summed E-state index contributed by atoms with van der Waals surface area (Å²) in [4.78, 5) is 9.48. The third-order valence-corrected chi connectivity index (χ3v) is 8.34. The van der Waals surface area contributed by atoms with Crippen LogP contribution in [0.3, 0.4) is 0 Å². The number of ether oxygens (including phenoxy) is 1. The number of aromatic nitrogens is 3. The summed E-state index contributed by atoms with van der Waals surface area (Å²) in [6.45, 7) is 12.0. The molecule has 2 aromatic heterocycles. The smallest absolute Gasteiger partial charge is 0.211 e. The van der Waals surface area contributed by atoms with Crippen molar-refractivity contribution >= 4 is 37.8 Å². The Kier molecular flexibility index (Phi) is 10.8. The van der Waals surface area contributed by atoms with Crippen molar-refractivity contribution in [2.75, 3.05) is 24.6 Å². The predicted octanol–water partition coefficient (Wildman–Crippen LogP) is 6.41. The first kappa shape index (κ1) is 31.3. The summed E-state index contributed by atoms with van der Waals surface area (Å²) in [5, 5.41) is 0.993. The van der Waals surface area contributed by atoms with Crippen molar-refractivity contribution in [2.45, 2.75) is 59.4 Å². The number of sulfonamides is 1. The highest BCUT2D eigenvalue weighted by atomic mass is 32.2. The Morgan fingerprint density at radius 2 is 1.95 bits per heavy atom. The zero-order valence-corrected chi connectivity index (χ0v) is 25.8. The molecule has 0 unspecified atom stereocenters. The van der Waals surface area contributed by atoms with Gasteiger partial charge in [0.15, 0.2) is 5.82 Å². The summed E-state index contributed by atoms with van der Waals surface area (Å²) in [6.07, 6.45) is 17.2. The Balaban J connectivity index is 1.34. The fourth-order valence-corrected chi connectivity index (χ4v) is 6.06. The quantitative estimate of drug-likeness (QED) is 0.223. The van der Waals surface area contributed by atoms with Gasteiger partial charge in [-0.15, -0.1) is 0 Å². The van der Waals surface area contributed by atoms with E-state index in [-0.39, 0.29) is 5.75 Å². The van der Waals surface area contributed by atoms with Crippen LogP contribution in [0, 0.1) is 5.92 Å². The van der Waals surface area contributed by atoms with E-state index < -0.39 is 10.0 Å². The molecule has 0 saturated carbocycles. The molecule has 224 valence electrons. The molecule has 0 atom stereocenters. The number of hydrogen-bond donors (Lipinski definition) is 2. The van der Waals surface area contributed by atoms with E-state index in [4.69, 9.17) is 15.5 Å². The summed E-state index contributed by atoms with van der Waals surface area (Å²) >= 11 is 0. The average molecular weight is 590 g/mol. The van der Waals surface area contributed by atoms with Crippen molar-refractivity contribution in [2.24, 2.45) is 5.92 Å².